The molecule has 0 aliphatic carbocycles. The number of hydrogen-bond acceptors (Lipinski definition) is 5. The largest absolute Gasteiger partial charge is 0.345 e. The quantitative estimate of drug-likeness (QED) is 0.447. The first-order valence-electron chi connectivity index (χ1n) is 10.3. The highest BCUT2D eigenvalue weighted by Gasteiger charge is 2.22. The van der Waals surface area contributed by atoms with Crippen molar-refractivity contribution in [1.82, 2.24) is 15.0 Å². The van der Waals surface area contributed by atoms with Gasteiger partial charge in [0.1, 0.15) is 5.65 Å². The maximum atomic E-state index is 12.9. The van der Waals surface area contributed by atoms with E-state index in [1.54, 1.807) is 17.2 Å². The fourth-order valence-electron chi connectivity index (χ4n) is 4.10. The molecule has 0 saturated heterocycles. The van der Waals surface area contributed by atoms with Crippen LogP contribution in [0.15, 0.2) is 55.4 Å². The zero-order valence-electron chi connectivity index (χ0n) is 17.5. The molecule has 160 valence electrons. The summed E-state index contributed by atoms with van der Waals surface area (Å²) >= 11 is 1.44. The summed E-state index contributed by atoms with van der Waals surface area (Å²) in [6.45, 7) is 6.23. The van der Waals surface area contributed by atoms with Crippen LogP contribution in [0, 0.1) is 6.92 Å². The second-order valence-corrected chi connectivity index (χ2v) is 8.82. The van der Waals surface area contributed by atoms with Crippen LogP contribution in [0.2, 0.25) is 0 Å². The molecule has 0 fully saturated rings. The number of anilines is 2. The third-order valence-corrected chi connectivity index (χ3v) is 6.51. The molecule has 0 bridgehead atoms. The average Bonchev–Trinajstić information content (AvgIpc) is 3.40. The number of pyridine rings is 1. The molecule has 8 heteroatoms. The van der Waals surface area contributed by atoms with Gasteiger partial charge in [-0.2, -0.15) is 0 Å². The average molecular weight is 444 g/mol. The summed E-state index contributed by atoms with van der Waals surface area (Å²) in [7, 11) is 0. The molecule has 1 aromatic carbocycles. The predicted molar refractivity (Wildman–Crippen MR) is 127 cm³/mol. The van der Waals surface area contributed by atoms with E-state index in [0.717, 1.165) is 51.3 Å². The molecule has 0 spiro atoms. The van der Waals surface area contributed by atoms with E-state index in [1.165, 1.54) is 17.4 Å². The normalized spacial score (nSPS) is 13.1. The molecule has 2 N–H and O–H groups in total. The second-order valence-electron chi connectivity index (χ2n) is 7.62. The number of aromatic nitrogens is 3. The highest BCUT2D eigenvalue weighted by Crippen LogP contribution is 2.35. The third-order valence-electron chi connectivity index (χ3n) is 5.62. The van der Waals surface area contributed by atoms with Gasteiger partial charge in [-0.25, -0.2) is 9.97 Å². The Balaban J connectivity index is 1.40. The van der Waals surface area contributed by atoms with Crippen LogP contribution in [0.3, 0.4) is 0 Å². The Bertz CT molecular complexity index is 1370. The molecule has 2 amide bonds. The molecular formula is C24H21N5O2S. The smallest absolute Gasteiger partial charge is 0.257 e. The number of nitrogens with zero attached hydrogens (tertiary/aromatic N) is 3. The van der Waals surface area contributed by atoms with Crippen LogP contribution in [-0.2, 0) is 11.2 Å². The van der Waals surface area contributed by atoms with E-state index in [0.29, 0.717) is 17.2 Å². The lowest BCUT2D eigenvalue weighted by atomic mass is 9.99. The molecular weight excluding hydrogens is 422 g/mol. The molecule has 0 saturated carbocycles. The van der Waals surface area contributed by atoms with Crippen molar-refractivity contribution < 1.29 is 9.59 Å². The van der Waals surface area contributed by atoms with Crippen LogP contribution < -0.4 is 10.2 Å². The van der Waals surface area contributed by atoms with Crippen LogP contribution in [-0.4, -0.2) is 33.3 Å². The van der Waals surface area contributed by atoms with Gasteiger partial charge in [-0.1, -0.05) is 6.58 Å². The first-order chi connectivity index (χ1) is 15.5. The van der Waals surface area contributed by atoms with Crippen LogP contribution in [0.4, 0.5) is 10.8 Å². The van der Waals surface area contributed by atoms with Gasteiger partial charge in [-0.05, 0) is 61.7 Å². The van der Waals surface area contributed by atoms with Crippen molar-refractivity contribution in [2.24, 2.45) is 0 Å². The van der Waals surface area contributed by atoms with Gasteiger partial charge >= 0.3 is 0 Å². The SMILES string of the molecule is C=CC(=O)N1CCCc2cc(C(=O)Nc3nc(-c4c[nH]c5ncccc45)c(C)s3)ccc21. The molecule has 7 nitrogen and oxygen atoms in total. The van der Waals surface area contributed by atoms with E-state index in [9.17, 15) is 9.59 Å². The van der Waals surface area contributed by atoms with E-state index in [2.05, 4.69) is 26.8 Å². The summed E-state index contributed by atoms with van der Waals surface area (Å²) in [6, 6.07) is 9.33. The number of aryl methyl sites for hydroxylation is 2. The molecule has 5 rings (SSSR count). The summed E-state index contributed by atoms with van der Waals surface area (Å²) in [5.74, 6) is -0.345. The summed E-state index contributed by atoms with van der Waals surface area (Å²) in [5, 5.41) is 4.46. The van der Waals surface area contributed by atoms with Crippen molar-refractivity contribution in [3.63, 3.8) is 0 Å². The predicted octanol–water partition coefficient (Wildman–Crippen LogP) is 4.71. The standard InChI is InChI=1S/C24H21N5O2S/c1-3-20(30)29-11-5-6-15-12-16(8-9-19(15)29)23(31)28-24-27-21(14(2)32-24)18-13-26-22-17(18)7-4-10-25-22/h3-4,7-10,12-13H,1,5-6,11H2,2H3,(H,25,26)(H,27,28,31). The van der Waals surface area contributed by atoms with Gasteiger partial charge in [-0.3, -0.25) is 14.9 Å². The van der Waals surface area contributed by atoms with E-state index in [4.69, 9.17) is 0 Å². The van der Waals surface area contributed by atoms with Gasteiger partial charge in [0.25, 0.3) is 5.91 Å². The first-order valence-corrected chi connectivity index (χ1v) is 11.1. The van der Waals surface area contributed by atoms with E-state index >= 15 is 0 Å². The summed E-state index contributed by atoms with van der Waals surface area (Å²) < 4.78 is 0. The zero-order valence-corrected chi connectivity index (χ0v) is 18.3. The fourth-order valence-corrected chi connectivity index (χ4v) is 4.92. The number of carbonyl (C=O) groups excluding carboxylic acids is 2. The van der Waals surface area contributed by atoms with Crippen LogP contribution in [0.1, 0.15) is 27.2 Å². The Morgan fingerprint density at radius 2 is 2.19 bits per heavy atom. The lowest BCUT2D eigenvalue weighted by Gasteiger charge is -2.28. The fraction of sp³-hybridized carbons (Fsp3) is 0.167. The molecule has 1 aliphatic heterocycles. The van der Waals surface area contributed by atoms with E-state index in [-0.39, 0.29) is 11.8 Å². The van der Waals surface area contributed by atoms with Crippen molar-refractivity contribution >= 4 is 45.0 Å². The highest BCUT2D eigenvalue weighted by molar-refractivity contribution is 7.16. The number of rotatable bonds is 4. The van der Waals surface area contributed by atoms with Crippen molar-refractivity contribution in [2.45, 2.75) is 19.8 Å². The number of benzene rings is 1. The Kier molecular flexibility index (Phi) is 5.07. The highest BCUT2D eigenvalue weighted by atomic mass is 32.1. The van der Waals surface area contributed by atoms with Gasteiger partial charge < -0.3 is 9.88 Å². The monoisotopic (exact) mass is 443 g/mol. The van der Waals surface area contributed by atoms with E-state index in [1.807, 2.05) is 37.4 Å². The van der Waals surface area contributed by atoms with E-state index < -0.39 is 0 Å². The molecule has 0 unspecified atom stereocenters. The lowest BCUT2D eigenvalue weighted by Crippen LogP contribution is -2.34. The number of hydrogen-bond donors (Lipinski definition) is 2. The summed E-state index contributed by atoms with van der Waals surface area (Å²) in [6.07, 6.45) is 6.64. The number of H-pyrrole nitrogens is 1. The Morgan fingerprint density at radius 3 is 3.03 bits per heavy atom. The van der Waals surface area contributed by atoms with Crippen LogP contribution >= 0.6 is 11.3 Å². The minimum absolute atomic E-state index is 0.124. The van der Waals surface area contributed by atoms with Gasteiger partial charge in [0.15, 0.2) is 5.13 Å². The maximum absolute atomic E-state index is 12.9. The lowest BCUT2D eigenvalue weighted by molar-refractivity contribution is -0.114. The van der Waals surface area contributed by atoms with Gasteiger partial charge in [0.2, 0.25) is 5.91 Å². The number of aromatic amines is 1. The molecule has 4 heterocycles. The minimum Gasteiger partial charge on any atom is -0.345 e. The van der Waals surface area contributed by atoms with Gasteiger partial charge in [0, 0.05) is 46.0 Å². The van der Waals surface area contributed by atoms with Crippen LogP contribution in [0.25, 0.3) is 22.3 Å². The second kappa shape index (κ2) is 8.05. The van der Waals surface area contributed by atoms with Crippen LogP contribution in [0.5, 0.6) is 0 Å². The Hall–Kier alpha value is -3.78. The molecule has 0 radical (unpaired) electrons. The Labute approximate surface area is 188 Å². The molecule has 1 aliphatic rings. The first kappa shape index (κ1) is 20.1. The minimum atomic E-state index is -0.221. The number of fused-ring (bicyclic) bond motifs is 2. The summed E-state index contributed by atoms with van der Waals surface area (Å²) in [5.41, 5.74) is 4.97. The Morgan fingerprint density at radius 1 is 1.31 bits per heavy atom. The third kappa shape index (κ3) is 3.48. The number of amides is 2. The molecule has 0 atom stereocenters. The van der Waals surface area contributed by atoms with Crippen molar-refractivity contribution in [1.29, 1.82) is 0 Å². The molecule has 32 heavy (non-hydrogen) atoms. The van der Waals surface area contributed by atoms with Gasteiger partial charge in [-0.15, -0.1) is 11.3 Å². The zero-order chi connectivity index (χ0) is 22.2. The maximum Gasteiger partial charge on any atom is 0.257 e. The van der Waals surface area contributed by atoms with Crippen molar-refractivity contribution in [3.05, 3.63) is 71.4 Å². The van der Waals surface area contributed by atoms with Gasteiger partial charge in [0.05, 0.1) is 5.69 Å². The number of carbonyl (C=O) groups is 2. The molecule has 3 aromatic heterocycles. The topological polar surface area (TPSA) is 91.0 Å². The van der Waals surface area contributed by atoms with Crippen molar-refractivity contribution in [3.8, 4) is 11.3 Å². The van der Waals surface area contributed by atoms with Crippen molar-refractivity contribution in [2.75, 3.05) is 16.8 Å². The summed E-state index contributed by atoms with van der Waals surface area (Å²) in [4.78, 5) is 39.9. The number of nitrogens with one attached hydrogen (secondary N) is 2. The number of thiazole rings is 1. The molecule has 4 aromatic rings.